The van der Waals surface area contributed by atoms with Crippen LogP contribution in [0.2, 0.25) is 0 Å². The average Bonchev–Trinajstić information content (AvgIpc) is 3.68. The summed E-state index contributed by atoms with van der Waals surface area (Å²) in [7, 11) is -0.314. The van der Waals surface area contributed by atoms with Gasteiger partial charge in [0.15, 0.2) is 0 Å². The minimum Gasteiger partial charge on any atom is -0.358 e. The molecule has 6 rings (SSSR count). The van der Waals surface area contributed by atoms with E-state index in [0.29, 0.717) is 5.92 Å². The maximum absolute atomic E-state index is 2.45. The molecule has 0 spiro atoms. The minimum absolute atomic E-state index is 0. The molecule has 0 aromatic heterocycles. The summed E-state index contributed by atoms with van der Waals surface area (Å²) in [5.41, 5.74) is 3.79. The van der Waals surface area contributed by atoms with Crippen molar-refractivity contribution in [1.29, 1.82) is 0 Å². The largest absolute Gasteiger partial charge is 2.00 e. The van der Waals surface area contributed by atoms with E-state index in [-0.39, 0.29) is 39.8 Å². The smallest absolute Gasteiger partial charge is 0.358 e. The van der Waals surface area contributed by atoms with Crippen molar-refractivity contribution in [1.82, 2.24) is 0 Å². The summed E-state index contributed by atoms with van der Waals surface area (Å²) in [5.74, 6) is 3.97. The first-order valence-electron chi connectivity index (χ1n) is 15.6. The molecule has 0 heterocycles. The molecule has 0 nitrogen and oxygen atoms in total. The number of hydrogen-bond donors (Lipinski definition) is 0. The van der Waals surface area contributed by atoms with Crippen molar-refractivity contribution >= 4 is 18.5 Å². The zero-order chi connectivity index (χ0) is 27.7. The molecule has 2 fully saturated rings. The Morgan fingerprint density at radius 3 is 1.30 bits per heavy atom. The molecule has 6 atom stereocenters. The fourth-order valence-electron chi connectivity index (χ4n) is 7.51. The van der Waals surface area contributed by atoms with Crippen LogP contribution in [-0.2, 0) is 17.1 Å². The van der Waals surface area contributed by atoms with Gasteiger partial charge >= 0.3 is 17.1 Å². The van der Waals surface area contributed by atoms with Gasteiger partial charge in [0.25, 0.3) is 0 Å². The first kappa shape index (κ1) is 37.0. The molecule has 0 saturated heterocycles. The standard InChI is InChI=1S/C25H27P.C14H20.2CH3.Fe/c1-20(21-12-5-2-6-13-21)24-18-11-19-25(24)26(22-14-7-3-8-15-22)23-16-9-4-10-17-23;1-11-7-6-10-14(11)12(2)13-8-4-3-5-9-13;;;/h2-10,12-17,20,24-25H,11,18-19H2,1H3;3-5,8-9,11-12,14H,6-7,10H2,1-2H3;2*1H3;/q;;2*-1;+2/t20-,24?,25?;11?,12-,14?;;;/m00.../s1. The maximum atomic E-state index is 2.45. The number of hydrogen-bond acceptors (Lipinski definition) is 0. The summed E-state index contributed by atoms with van der Waals surface area (Å²) in [6, 6.07) is 44.6. The van der Waals surface area contributed by atoms with Crippen molar-refractivity contribution in [2.75, 3.05) is 0 Å². The molecule has 0 radical (unpaired) electrons. The topological polar surface area (TPSA) is 0 Å². The molecule has 230 valence electrons. The van der Waals surface area contributed by atoms with Crippen molar-refractivity contribution < 1.29 is 17.1 Å². The molecular weight excluding hydrogens is 579 g/mol. The first-order valence-corrected chi connectivity index (χ1v) is 17.0. The van der Waals surface area contributed by atoms with E-state index in [4.69, 9.17) is 0 Å². The van der Waals surface area contributed by atoms with Gasteiger partial charge in [-0.2, -0.15) is 0 Å². The molecule has 4 unspecified atom stereocenters. The molecular formula is C41H53FeP. The van der Waals surface area contributed by atoms with Gasteiger partial charge in [0.1, 0.15) is 0 Å². The Balaban J connectivity index is 0.000000326. The van der Waals surface area contributed by atoms with Gasteiger partial charge in [-0.05, 0) is 84.2 Å². The number of rotatable bonds is 7. The van der Waals surface area contributed by atoms with Gasteiger partial charge in [-0.1, -0.05) is 161 Å². The van der Waals surface area contributed by atoms with E-state index < -0.39 is 0 Å². The van der Waals surface area contributed by atoms with Crippen molar-refractivity contribution in [2.24, 2.45) is 17.8 Å². The molecule has 0 bridgehead atoms. The molecule has 2 heteroatoms. The van der Waals surface area contributed by atoms with Crippen LogP contribution in [0.25, 0.3) is 0 Å². The van der Waals surface area contributed by atoms with E-state index >= 15 is 0 Å². The third-order valence-electron chi connectivity index (χ3n) is 9.79. The van der Waals surface area contributed by atoms with E-state index in [9.17, 15) is 0 Å². The zero-order valence-corrected chi connectivity index (χ0v) is 29.1. The third-order valence-corrected chi connectivity index (χ3v) is 12.8. The van der Waals surface area contributed by atoms with Crippen molar-refractivity contribution in [2.45, 2.75) is 76.8 Å². The van der Waals surface area contributed by atoms with Crippen molar-refractivity contribution in [3.05, 3.63) is 147 Å². The Morgan fingerprint density at radius 2 is 0.884 bits per heavy atom. The van der Waals surface area contributed by atoms with Crippen LogP contribution in [0, 0.1) is 32.6 Å². The van der Waals surface area contributed by atoms with Crippen LogP contribution >= 0.6 is 7.92 Å². The Hall–Kier alpha value is -2.17. The molecule has 2 aliphatic rings. The summed E-state index contributed by atoms with van der Waals surface area (Å²) >= 11 is 0. The van der Waals surface area contributed by atoms with Gasteiger partial charge in [-0.25, -0.2) is 0 Å². The Bertz CT molecular complexity index is 1220. The van der Waals surface area contributed by atoms with Crippen LogP contribution in [0.3, 0.4) is 0 Å². The second kappa shape index (κ2) is 18.6. The summed E-state index contributed by atoms with van der Waals surface area (Å²) in [6.45, 7) is 7.25. The molecule has 0 amide bonds. The van der Waals surface area contributed by atoms with Gasteiger partial charge in [-0.3, -0.25) is 0 Å². The fourth-order valence-corrected chi connectivity index (χ4v) is 10.8. The maximum Gasteiger partial charge on any atom is 2.00 e. The SMILES string of the molecule is CC1CCCC1[C@@H](C)c1ccccc1.C[C@@H](c1ccccc1)C1CCCC1P(c1ccccc1)c1ccccc1.[CH3-].[CH3-].[Fe+2]. The van der Waals surface area contributed by atoms with E-state index in [1.165, 1.54) is 60.3 Å². The quantitative estimate of drug-likeness (QED) is 0.108. The molecule has 43 heavy (non-hydrogen) atoms. The second-order valence-corrected chi connectivity index (χ2v) is 14.6. The zero-order valence-electron chi connectivity index (χ0n) is 27.1. The molecule has 0 N–H and O–H groups in total. The van der Waals surface area contributed by atoms with Crippen molar-refractivity contribution in [3.63, 3.8) is 0 Å². The molecule has 4 aromatic rings. The first-order chi connectivity index (χ1) is 19.6. The van der Waals surface area contributed by atoms with Crippen LogP contribution in [0.1, 0.15) is 82.3 Å². The summed E-state index contributed by atoms with van der Waals surface area (Å²) in [6.07, 6.45) is 8.38. The van der Waals surface area contributed by atoms with E-state index in [1.54, 1.807) is 0 Å². The molecule has 2 aliphatic carbocycles. The van der Waals surface area contributed by atoms with Crippen LogP contribution in [-0.4, -0.2) is 5.66 Å². The van der Waals surface area contributed by atoms with Crippen LogP contribution in [0.4, 0.5) is 0 Å². The molecule has 2 saturated carbocycles. The predicted molar refractivity (Wildman–Crippen MR) is 189 cm³/mol. The van der Waals surface area contributed by atoms with E-state index in [2.05, 4.69) is 142 Å². The Morgan fingerprint density at radius 1 is 0.512 bits per heavy atom. The normalized spacial score (nSPS) is 22.1. The summed E-state index contributed by atoms with van der Waals surface area (Å²) in [4.78, 5) is 0. The Kier molecular flexibility index (Phi) is 16.0. The number of benzene rings is 4. The van der Waals surface area contributed by atoms with E-state index in [1.807, 2.05) is 0 Å². The van der Waals surface area contributed by atoms with Crippen LogP contribution in [0.15, 0.2) is 121 Å². The van der Waals surface area contributed by atoms with Crippen molar-refractivity contribution in [3.8, 4) is 0 Å². The summed E-state index contributed by atoms with van der Waals surface area (Å²) in [5, 5.41) is 3.07. The van der Waals surface area contributed by atoms with Gasteiger partial charge in [-0.15, -0.1) is 0 Å². The van der Waals surface area contributed by atoms with Crippen LogP contribution in [0.5, 0.6) is 0 Å². The monoisotopic (exact) mass is 632 g/mol. The fraction of sp³-hybridized carbons (Fsp3) is 0.366. The minimum atomic E-state index is -0.314. The van der Waals surface area contributed by atoms with Gasteiger partial charge in [0.05, 0.1) is 0 Å². The Labute approximate surface area is 276 Å². The third kappa shape index (κ3) is 9.41. The van der Waals surface area contributed by atoms with Gasteiger partial charge in [0, 0.05) is 0 Å². The predicted octanol–water partition coefficient (Wildman–Crippen LogP) is 11.2. The van der Waals surface area contributed by atoms with Gasteiger partial charge < -0.3 is 14.9 Å². The van der Waals surface area contributed by atoms with Gasteiger partial charge in [0.2, 0.25) is 0 Å². The molecule has 0 aliphatic heterocycles. The second-order valence-electron chi connectivity index (χ2n) is 12.2. The average molecular weight is 633 g/mol. The van der Waals surface area contributed by atoms with E-state index in [0.717, 1.165) is 29.3 Å². The van der Waals surface area contributed by atoms with Crippen LogP contribution < -0.4 is 10.6 Å². The molecule has 4 aromatic carbocycles. The summed E-state index contributed by atoms with van der Waals surface area (Å²) < 4.78 is 0.